The van der Waals surface area contributed by atoms with Crippen molar-refractivity contribution in [1.29, 1.82) is 0 Å². The quantitative estimate of drug-likeness (QED) is 0.559. The molecule has 0 saturated heterocycles. The second-order valence-electron chi connectivity index (χ2n) is 6.86. The molecule has 0 aliphatic heterocycles. The Morgan fingerprint density at radius 3 is 2.16 bits per heavy atom. The second kappa shape index (κ2) is 10.7. The second-order valence-corrected chi connectivity index (χ2v) is 6.86. The van der Waals surface area contributed by atoms with E-state index in [0.29, 0.717) is 16.7 Å². The third kappa shape index (κ3) is 6.27. The maximum Gasteiger partial charge on any atom is 0.337 e. The Morgan fingerprint density at radius 1 is 0.839 bits per heavy atom. The first-order valence-electron chi connectivity index (χ1n) is 9.80. The summed E-state index contributed by atoms with van der Waals surface area (Å²) in [5.74, 6) is -1.19. The Labute approximate surface area is 180 Å². The lowest BCUT2D eigenvalue weighted by molar-refractivity contribution is -0.145. The van der Waals surface area contributed by atoms with Gasteiger partial charge in [0.05, 0.1) is 25.1 Å². The molecule has 3 aromatic rings. The molecule has 0 aliphatic rings. The minimum Gasteiger partial charge on any atom is -0.465 e. The molecule has 1 atom stereocenters. The van der Waals surface area contributed by atoms with E-state index in [9.17, 15) is 14.4 Å². The van der Waals surface area contributed by atoms with E-state index in [4.69, 9.17) is 9.47 Å². The number of hydrogen-bond acceptors (Lipinski definition) is 5. The van der Waals surface area contributed by atoms with Gasteiger partial charge in [-0.1, -0.05) is 60.7 Å². The molecule has 0 aliphatic carbocycles. The van der Waals surface area contributed by atoms with E-state index in [-0.39, 0.29) is 18.9 Å². The largest absolute Gasteiger partial charge is 0.465 e. The summed E-state index contributed by atoms with van der Waals surface area (Å²) in [6.07, 6.45) is -0.0285. The van der Waals surface area contributed by atoms with Gasteiger partial charge in [0, 0.05) is 5.56 Å². The molecule has 0 spiro atoms. The van der Waals surface area contributed by atoms with Gasteiger partial charge in [0.1, 0.15) is 6.61 Å². The highest BCUT2D eigenvalue weighted by atomic mass is 16.5. The number of methoxy groups -OCH3 is 1. The zero-order valence-corrected chi connectivity index (χ0v) is 17.1. The van der Waals surface area contributed by atoms with Gasteiger partial charge in [0.15, 0.2) is 0 Å². The molecule has 1 amide bonds. The van der Waals surface area contributed by atoms with Gasteiger partial charge < -0.3 is 14.8 Å². The summed E-state index contributed by atoms with van der Waals surface area (Å²) in [5, 5.41) is 2.91. The maximum absolute atomic E-state index is 12.6. The van der Waals surface area contributed by atoms with Crippen LogP contribution < -0.4 is 5.32 Å². The first-order chi connectivity index (χ1) is 15.1. The average Bonchev–Trinajstić information content (AvgIpc) is 2.83. The first-order valence-corrected chi connectivity index (χ1v) is 9.80. The van der Waals surface area contributed by atoms with Gasteiger partial charge in [-0.25, -0.2) is 4.79 Å². The van der Waals surface area contributed by atoms with Crippen LogP contribution in [-0.4, -0.2) is 25.0 Å². The third-order valence-electron chi connectivity index (χ3n) is 4.66. The minimum atomic E-state index is -0.539. The molecule has 0 saturated carbocycles. The van der Waals surface area contributed by atoms with Crippen LogP contribution in [-0.2, 0) is 20.9 Å². The van der Waals surface area contributed by atoms with Crippen molar-refractivity contribution in [3.63, 3.8) is 0 Å². The molecule has 1 unspecified atom stereocenters. The van der Waals surface area contributed by atoms with E-state index in [1.54, 1.807) is 48.5 Å². The van der Waals surface area contributed by atoms with E-state index < -0.39 is 18.0 Å². The van der Waals surface area contributed by atoms with Crippen molar-refractivity contribution in [3.8, 4) is 0 Å². The normalized spacial score (nSPS) is 11.3. The van der Waals surface area contributed by atoms with Crippen LogP contribution in [0.5, 0.6) is 0 Å². The lowest BCUT2D eigenvalue weighted by Gasteiger charge is -2.19. The smallest absolute Gasteiger partial charge is 0.337 e. The predicted octanol–water partition coefficient (Wildman–Crippen LogP) is 4.08. The summed E-state index contributed by atoms with van der Waals surface area (Å²) in [7, 11) is 1.31. The molecule has 0 radical (unpaired) electrons. The van der Waals surface area contributed by atoms with E-state index in [0.717, 1.165) is 5.56 Å². The molecule has 31 heavy (non-hydrogen) atoms. The average molecular weight is 417 g/mol. The van der Waals surface area contributed by atoms with Crippen LogP contribution in [0.15, 0.2) is 84.9 Å². The lowest BCUT2D eigenvalue weighted by Crippen LogP contribution is -2.30. The number of carbonyl (C=O) groups excluding carboxylic acids is 3. The van der Waals surface area contributed by atoms with E-state index >= 15 is 0 Å². The predicted molar refractivity (Wildman–Crippen MR) is 115 cm³/mol. The van der Waals surface area contributed by atoms with Crippen molar-refractivity contribution in [2.45, 2.75) is 19.1 Å². The third-order valence-corrected chi connectivity index (χ3v) is 4.66. The number of ether oxygens (including phenoxy) is 2. The Bertz CT molecular complexity index is 1030. The Morgan fingerprint density at radius 2 is 1.48 bits per heavy atom. The molecule has 3 aromatic carbocycles. The summed E-state index contributed by atoms with van der Waals surface area (Å²) in [6, 6.07) is 24.2. The summed E-state index contributed by atoms with van der Waals surface area (Å²) in [5.41, 5.74) is 2.36. The topological polar surface area (TPSA) is 81.7 Å². The SMILES string of the molecule is COC(=O)c1cccc(COC(=O)CC(NC(=O)c2ccccc2)c2ccccc2)c1. The number of esters is 2. The summed E-state index contributed by atoms with van der Waals surface area (Å²) in [6.45, 7) is 0.0117. The van der Waals surface area contributed by atoms with Gasteiger partial charge in [-0.2, -0.15) is 0 Å². The Hall–Kier alpha value is -3.93. The summed E-state index contributed by atoms with van der Waals surface area (Å²) < 4.78 is 10.1. The monoisotopic (exact) mass is 417 g/mol. The van der Waals surface area contributed by atoms with Crippen LogP contribution in [0.4, 0.5) is 0 Å². The highest BCUT2D eigenvalue weighted by Gasteiger charge is 2.20. The van der Waals surface area contributed by atoms with Crippen molar-refractivity contribution in [1.82, 2.24) is 5.32 Å². The van der Waals surface area contributed by atoms with Gasteiger partial charge in [-0.05, 0) is 35.4 Å². The van der Waals surface area contributed by atoms with Crippen LogP contribution >= 0.6 is 0 Å². The van der Waals surface area contributed by atoms with Crippen molar-refractivity contribution in [2.75, 3.05) is 7.11 Å². The highest BCUT2D eigenvalue weighted by molar-refractivity contribution is 5.94. The molecule has 1 N–H and O–H groups in total. The summed E-state index contributed by atoms with van der Waals surface area (Å²) >= 11 is 0. The van der Waals surface area contributed by atoms with Crippen molar-refractivity contribution in [2.24, 2.45) is 0 Å². The fourth-order valence-corrected chi connectivity index (χ4v) is 3.06. The number of benzene rings is 3. The van der Waals surface area contributed by atoms with Gasteiger partial charge >= 0.3 is 11.9 Å². The van der Waals surface area contributed by atoms with Crippen LogP contribution in [0.25, 0.3) is 0 Å². The molecule has 0 bridgehead atoms. The minimum absolute atomic E-state index is 0.0117. The van der Waals surface area contributed by atoms with Gasteiger partial charge in [0.2, 0.25) is 0 Å². The van der Waals surface area contributed by atoms with E-state index in [2.05, 4.69) is 5.32 Å². The molecular weight excluding hydrogens is 394 g/mol. The molecule has 6 nitrogen and oxygen atoms in total. The lowest BCUT2D eigenvalue weighted by atomic mass is 10.0. The molecule has 0 aromatic heterocycles. The fourth-order valence-electron chi connectivity index (χ4n) is 3.06. The molecule has 0 fully saturated rings. The van der Waals surface area contributed by atoms with E-state index in [1.165, 1.54) is 7.11 Å². The number of hydrogen-bond donors (Lipinski definition) is 1. The number of nitrogens with one attached hydrogen (secondary N) is 1. The number of carbonyl (C=O) groups is 3. The fraction of sp³-hybridized carbons (Fsp3) is 0.160. The molecule has 3 rings (SSSR count). The van der Waals surface area contributed by atoms with Gasteiger partial charge in [-0.3, -0.25) is 9.59 Å². The van der Waals surface area contributed by atoms with Crippen LogP contribution in [0.3, 0.4) is 0 Å². The first kappa shape index (κ1) is 21.8. The van der Waals surface area contributed by atoms with Gasteiger partial charge in [0.25, 0.3) is 5.91 Å². The van der Waals surface area contributed by atoms with E-state index in [1.807, 2.05) is 36.4 Å². The van der Waals surface area contributed by atoms with Crippen LogP contribution in [0, 0.1) is 0 Å². The Balaban J connectivity index is 1.66. The highest BCUT2D eigenvalue weighted by Crippen LogP contribution is 2.19. The van der Waals surface area contributed by atoms with Gasteiger partial charge in [-0.15, -0.1) is 0 Å². The molecular formula is C25H23NO5. The number of rotatable bonds is 8. The summed E-state index contributed by atoms with van der Waals surface area (Å²) in [4.78, 5) is 36.8. The molecule has 0 heterocycles. The standard InChI is InChI=1S/C25H23NO5/c1-30-25(29)21-14-8-9-18(15-21)17-31-23(27)16-22(19-10-4-2-5-11-19)26-24(28)20-12-6-3-7-13-20/h2-15,22H,16-17H2,1H3,(H,26,28). The van der Waals surface area contributed by atoms with Crippen LogP contribution in [0.2, 0.25) is 0 Å². The molecule has 158 valence electrons. The zero-order chi connectivity index (χ0) is 22.1. The van der Waals surface area contributed by atoms with Crippen molar-refractivity contribution < 1.29 is 23.9 Å². The maximum atomic E-state index is 12.6. The Kier molecular flexibility index (Phi) is 7.54. The van der Waals surface area contributed by atoms with Crippen molar-refractivity contribution >= 4 is 17.8 Å². The van der Waals surface area contributed by atoms with Crippen molar-refractivity contribution in [3.05, 3.63) is 107 Å². The van der Waals surface area contributed by atoms with Crippen LogP contribution in [0.1, 0.15) is 44.3 Å². The number of amides is 1. The zero-order valence-electron chi connectivity index (χ0n) is 17.1. The molecule has 6 heteroatoms.